The number of likely N-dealkylation sites (tertiary alicyclic amines) is 1. The van der Waals surface area contributed by atoms with Gasteiger partial charge >= 0.3 is 5.97 Å². The maximum atomic E-state index is 12.1. The minimum atomic E-state index is -0.388. The number of carbonyl (C=O) groups excluding carboxylic acids is 1. The second-order valence-corrected chi connectivity index (χ2v) is 6.88. The van der Waals surface area contributed by atoms with Gasteiger partial charge in [-0.25, -0.2) is 9.78 Å². The first-order chi connectivity index (χ1) is 12.1. The number of aromatic nitrogens is 4. The molecular weight excluding hydrogens is 318 g/mol. The number of aromatic amines is 1. The molecule has 3 heterocycles. The number of hydrogen-bond acceptors (Lipinski definition) is 5. The van der Waals surface area contributed by atoms with Gasteiger partial charge in [-0.2, -0.15) is 5.10 Å². The van der Waals surface area contributed by atoms with E-state index in [2.05, 4.69) is 38.5 Å². The molecule has 1 fully saturated rings. The Hall–Kier alpha value is -2.15. The lowest BCUT2D eigenvalue weighted by atomic mass is 9.98. The maximum absolute atomic E-state index is 12.1. The number of nitrogens with one attached hydrogen (secondary N) is 1. The molecule has 7 heteroatoms. The summed E-state index contributed by atoms with van der Waals surface area (Å²) in [6.07, 6.45) is 7.78. The van der Waals surface area contributed by atoms with Crippen molar-refractivity contribution < 1.29 is 9.53 Å². The molecule has 25 heavy (non-hydrogen) atoms. The molecule has 0 aliphatic carbocycles. The highest BCUT2D eigenvalue weighted by atomic mass is 16.5. The lowest BCUT2D eigenvalue weighted by Gasteiger charge is -2.35. The third kappa shape index (κ3) is 3.92. The van der Waals surface area contributed by atoms with Crippen molar-refractivity contribution in [3.05, 3.63) is 24.4 Å². The van der Waals surface area contributed by atoms with Crippen LogP contribution in [0.15, 0.2) is 18.7 Å². The SMILES string of the molecule is CCOC(=O)c1[nH]ncc1-c1cncn1C[C@@H](C)N1CCC(C)CC1. The van der Waals surface area contributed by atoms with E-state index in [1.54, 1.807) is 19.3 Å². The van der Waals surface area contributed by atoms with Crippen LogP contribution in [0.5, 0.6) is 0 Å². The van der Waals surface area contributed by atoms with Gasteiger partial charge in [-0.05, 0) is 45.7 Å². The second-order valence-electron chi connectivity index (χ2n) is 6.88. The molecule has 2 aromatic rings. The molecule has 0 spiro atoms. The molecule has 1 N–H and O–H groups in total. The zero-order valence-electron chi connectivity index (χ0n) is 15.2. The molecule has 0 unspecified atom stereocenters. The Morgan fingerprint density at radius 1 is 1.40 bits per heavy atom. The molecule has 3 rings (SSSR count). The van der Waals surface area contributed by atoms with Crippen LogP contribution in [0.4, 0.5) is 0 Å². The summed E-state index contributed by atoms with van der Waals surface area (Å²) in [5, 5.41) is 6.77. The summed E-state index contributed by atoms with van der Waals surface area (Å²) >= 11 is 0. The van der Waals surface area contributed by atoms with Crippen molar-refractivity contribution in [1.82, 2.24) is 24.6 Å². The lowest BCUT2D eigenvalue weighted by molar-refractivity contribution is 0.0520. The summed E-state index contributed by atoms with van der Waals surface area (Å²) in [6.45, 7) is 9.82. The van der Waals surface area contributed by atoms with E-state index >= 15 is 0 Å². The minimum Gasteiger partial charge on any atom is -0.461 e. The Labute approximate surface area is 148 Å². The zero-order chi connectivity index (χ0) is 17.8. The van der Waals surface area contributed by atoms with Gasteiger partial charge in [0, 0.05) is 12.6 Å². The highest BCUT2D eigenvalue weighted by Crippen LogP contribution is 2.24. The zero-order valence-corrected chi connectivity index (χ0v) is 15.2. The first kappa shape index (κ1) is 17.7. The Morgan fingerprint density at radius 3 is 2.88 bits per heavy atom. The molecule has 136 valence electrons. The molecular formula is C18H27N5O2. The van der Waals surface area contributed by atoms with E-state index in [0.29, 0.717) is 18.3 Å². The predicted octanol–water partition coefficient (Wildman–Crippen LogP) is 2.57. The average molecular weight is 345 g/mol. The topological polar surface area (TPSA) is 76.0 Å². The van der Waals surface area contributed by atoms with Gasteiger partial charge in [0.25, 0.3) is 0 Å². The Balaban J connectivity index is 1.75. The summed E-state index contributed by atoms with van der Waals surface area (Å²) in [5.74, 6) is 0.436. The lowest BCUT2D eigenvalue weighted by Crippen LogP contribution is -2.41. The van der Waals surface area contributed by atoms with Gasteiger partial charge < -0.3 is 9.30 Å². The summed E-state index contributed by atoms with van der Waals surface area (Å²) in [5.41, 5.74) is 1.99. The van der Waals surface area contributed by atoms with Crippen molar-refractivity contribution >= 4 is 5.97 Å². The Morgan fingerprint density at radius 2 is 2.16 bits per heavy atom. The van der Waals surface area contributed by atoms with Gasteiger partial charge in [-0.1, -0.05) is 6.92 Å². The highest BCUT2D eigenvalue weighted by molar-refractivity contribution is 5.94. The monoisotopic (exact) mass is 345 g/mol. The van der Waals surface area contributed by atoms with Gasteiger partial charge in [-0.15, -0.1) is 0 Å². The van der Waals surface area contributed by atoms with Crippen molar-refractivity contribution in [3.8, 4) is 11.3 Å². The van der Waals surface area contributed by atoms with E-state index in [9.17, 15) is 4.79 Å². The molecule has 1 atom stereocenters. The van der Waals surface area contributed by atoms with E-state index in [1.807, 2.05) is 6.33 Å². The van der Waals surface area contributed by atoms with Crippen molar-refractivity contribution in [2.24, 2.45) is 5.92 Å². The fourth-order valence-corrected chi connectivity index (χ4v) is 3.40. The van der Waals surface area contributed by atoms with E-state index in [-0.39, 0.29) is 5.97 Å². The number of hydrogen-bond donors (Lipinski definition) is 1. The average Bonchev–Trinajstić information content (AvgIpc) is 3.24. The second kappa shape index (κ2) is 7.82. The van der Waals surface area contributed by atoms with E-state index in [1.165, 1.54) is 12.8 Å². The number of esters is 1. The molecule has 0 amide bonds. The van der Waals surface area contributed by atoms with Gasteiger partial charge in [0.05, 0.1) is 36.6 Å². The van der Waals surface area contributed by atoms with Crippen LogP contribution >= 0.6 is 0 Å². The molecule has 7 nitrogen and oxygen atoms in total. The van der Waals surface area contributed by atoms with Gasteiger partial charge in [-0.3, -0.25) is 10.00 Å². The van der Waals surface area contributed by atoms with Crippen molar-refractivity contribution in [1.29, 1.82) is 0 Å². The number of H-pyrrole nitrogens is 1. The van der Waals surface area contributed by atoms with Crippen LogP contribution in [-0.4, -0.2) is 56.4 Å². The van der Waals surface area contributed by atoms with E-state index in [4.69, 9.17) is 4.74 Å². The molecule has 1 aliphatic heterocycles. The molecule has 0 aromatic carbocycles. The fraction of sp³-hybridized carbons (Fsp3) is 0.611. The largest absolute Gasteiger partial charge is 0.461 e. The molecule has 0 saturated carbocycles. The standard InChI is InChI=1S/C18H27N5O2/c1-4-25-18(24)17-15(9-20-21-17)16-10-19-12-23(16)11-14(3)22-7-5-13(2)6-8-22/h9-10,12-14H,4-8,11H2,1-3H3,(H,20,21)/t14-/m1/s1. The highest BCUT2D eigenvalue weighted by Gasteiger charge is 2.23. The summed E-state index contributed by atoms with van der Waals surface area (Å²) in [4.78, 5) is 18.9. The molecule has 2 aromatic heterocycles. The third-order valence-corrected chi connectivity index (χ3v) is 5.01. The summed E-state index contributed by atoms with van der Waals surface area (Å²) in [7, 11) is 0. The number of carbonyl (C=O) groups is 1. The number of rotatable bonds is 6. The van der Waals surface area contributed by atoms with Gasteiger partial charge in [0.15, 0.2) is 5.69 Å². The number of ether oxygens (including phenoxy) is 1. The van der Waals surface area contributed by atoms with Crippen LogP contribution in [0.3, 0.4) is 0 Å². The maximum Gasteiger partial charge on any atom is 0.357 e. The summed E-state index contributed by atoms with van der Waals surface area (Å²) in [6, 6.07) is 0.415. The van der Waals surface area contributed by atoms with E-state index in [0.717, 1.165) is 36.8 Å². The van der Waals surface area contributed by atoms with Crippen LogP contribution in [-0.2, 0) is 11.3 Å². The van der Waals surface area contributed by atoms with Crippen LogP contribution in [0, 0.1) is 5.92 Å². The van der Waals surface area contributed by atoms with Crippen molar-refractivity contribution in [2.45, 2.75) is 46.2 Å². The molecule has 0 bridgehead atoms. The fourth-order valence-electron chi connectivity index (χ4n) is 3.40. The first-order valence-electron chi connectivity index (χ1n) is 9.05. The van der Waals surface area contributed by atoms with Crippen molar-refractivity contribution in [3.63, 3.8) is 0 Å². The third-order valence-electron chi connectivity index (χ3n) is 5.01. The molecule has 1 saturated heterocycles. The molecule has 0 radical (unpaired) electrons. The van der Waals surface area contributed by atoms with E-state index < -0.39 is 0 Å². The normalized spacial score (nSPS) is 17.6. The van der Waals surface area contributed by atoms with Crippen LogP contribution in [0.1, 0.15) is 44.1 Å². The van der Waals surface area contributed by atoms with Gasteiger partial charge in [0.1, 0.15) is 0 Å². The predicted molar refractivity (Wildman–Crippen MR) is 95.2 cm³/mol. The van der Waals surface area contributed by atoms with Crippen LogP contribution in [0.2, 0.25) is 0 Å². The number of nitrogens with zero attached hydrogens (tertiary/aromatic N) is 4. The summed E-state index contributed by atoms with van der Waals surface area (Å²) < 4.78 is 7.20. The number of piperidine rings is 1. The smallest absolute Gasteiger partial charge is 0.357 e. The first-order valence-corrected chi connectivity index (χ1v) is 9.05. The van der Waals surface area contributed by atoms with Crippen molar-refractivity contribution in [2.75, 3.05) is 19.7 Å². The Bertz CT molecular complexity index is 700. The van der Waals surface area contributed by atoms with Crippen LogP contribution in [0.25, 0.3) is 11.3 Å². The number of imidazole rings is 1. The molecule has 1 aliphatic rings. The minimum absolute atomic E-state index is 0.334. The quantitative estimate of drug-likeness (QED) is 0.814. The van der Waals surface area contributed by atoms with Crippen LogP contribution < -0.4 is 0 Å². The van der Waals surface area contributed by atoms with Gasteiger partial charge in [0.2, 0.25) is 0 Å². The Kier molecular flexibility index (Phi) is 5.53.